The van der Waals surface area contributed by atoms with Gasteiger partial charge in [-0.15, -0.1) is 0 Å². The Morgan fingerprint density at radius 1 is 1.26 bits per heavy atom. The van der Waals surface area contributed by atoms with Gasteiger partial charge >= 0.3 is 0 Å². The summed E-state index contributed by atoms with van der Waals surface area (Å²) in [5, 5.41) is 23.5. The molecule has 2 amide bonds. The zero-order valence-corrected chi connectivity index (χ0v) is 21.2. The maximum Gasteiger partial charge on any atom is 0.247 e. The molecule has 4 rings (SSSR count). The predicted octanol–water partition coefficient (Wildman–Crippen LogP) is 2.10. The van der Waals surface area contributed by atoms with Crippen molar-refractivity contribution in [2.75, 3.05) is 20.3 Å². The maximum atomic E-state index is 14.6. The van der Waals surface area contributed by atoms with Crippen LogP contribution in [-0.4, -0.2) is 71.7 Å². The molecule has 1 aliphatic heterocycles. The number of rotatable bonds is 10. The maximum absolute atomic E-state index is 14.6. The van der Waals surface area contributed by atoms with Gasteiger partial charge in [0.1, 0.15) is 24.3 Å². The number of benzene rings is 2. The third-order valence-corrected chi connectivity index (χ3v) is 6.85. The summed E-state index contributed by atoms with van der Waals surface area (Å²) in [6.45, 7) is 1.41. The number of hydrogen-bond donors (Lipinski definition) is 3. The monoisotopic (exact) mass is 526 g/mol. The summed E-state index contributed by atoms with van der Waals surface area (Å²) in [5.74, 6) is -1.56. The molecule has 0 aromatic heterocycles. The summed E-state index contributed by atoms with van der Waals surface area (Å²) < 4.78 is 26.1. The molecule has 202 valence electrons. The number of aliphatic hydroxyl groups is 2. The number of halogens is 1. The second kappa shape index (κ2) is 11.7. The molecule has 4 unspecified atom stereocenters. The summed E-state index contributed by atoms with van der Waals surface area (Å²) in [5.41, 5.74) is 1.25. The quantitative estimate of drug-likeness (QED) is 0.405. The van der Waals surface area contributed by atoms with Crippen LogP contribution in [0.15, 0.2) is 48.0 Å². The highest BCUT2D eigenvalue weighted by atomic mass is 19.1. The van der Waals surface area contributed by atoms with E-state index in [0.29, 0.717) is 23.8 Å². The average molecular weight is 527 g/mol. The van der Waals surface area contributed by atoms with E-state index >= 15 is 0 Å². The van der Waals surface area contributed by atoms with Crippen molar-refractivity contribution >= 4 is 18.1 Å². The number of aldehydes is 1. The van der Waals surface area contributed by atoms with Gasteiger partial charge in [0.05, 0.1) is 25.7 Å². The van der Waals surface area contributed by atoms with E-state index in [1.807, 2.05) is 6.92 Å². The zero-order chi connectivity index (χ0) is 27.4. The molecule has 0 radical (unpaired) electrons. The Bertz CT molecular complexity index is 1250. The van der Waals surface area contributed by atoms with Crippen LogP contribution in [0.2, 0.25) is 0 Å². The number of fused-ring (bicyclic) bond motifs is 3. The van der Waals surface area contributed by atoms with Crippen LogP contribution < -0.4 is 14.8 Å². The molecule has 2 aromatic rings. The summed E-state index contributed by atoms with van der Waals surface area (Å²) in [6.07, 6.45) is 0.548. The van der Waals surface area contributed by atoms with Gasteiger partial charge in [-0.05, 0) is 30.7 Å². The molecule has 0 fully saturated rings. The highest BCUT2D eigenvalue weighted by molar-refractivity contribution is 5.96. The van der Waals surface area contributed by atoms with Crippen LogP contribution in [0.5, 0.6) is 11.5 Å². The lowest BCUT2D eigenvalue weighted by atomic mass is 9.77. The van der Waals surface area contributed by atoms with Crippen molar-refractivity contribution in [3.63, 3.8) is 0 Å². The highest BCUT2D eigenvalue weighted by Gasteiger charge is 2.51. The van der Waals surface area contributed by atoms with Crippen LogP contribution in [0.25, 0.3) is 0 Å². The number of carbonyl (C=O) groups excluding carboxylic acids is 3. The Labute approximate surface area is 219 Å². The summed E-state index contributed by atoms with van der Waals surface area (Å²) in [4.78, 5) is 39.5. The number of aliphatic hydroxyl groups excluding tert-OH is 2. The second-order valence-corrected chi connectivity index (χ2v) is 9.27. The van der Waals surface area contributed by atoms with Crippen molar-refractivity contribution in [2.45, 2.75) is 50.5 Å². The fourth-order valence-corrected chi connectivity index (χ4v) is 5.09. The molecule has 0 saturated heterocycles. The first kappa shape index (κ1) is 27.3. The predicted molar refractivity (Wildman–Crippen MR) is 135 cm³/mol. The third kappa shape index (κ3) is 5.14. The fourth-order valence-electron chi connectivity index (χ4n) is 5.09. The number of methoxy groups -OCH3 is 1. The van der Waals surface area contributed by atoms with Crippen molar-refractivity contribution in [3.05, 3.63) is 70.6 Å². The lowest BCUT2D eigenvalue weighted by molar-refractivity contribution is -0.138. The molecule has 0 saturated carbocycles. The van der Waals surface area contributed by atoms with E-state index in [4.69, 9.17) is 9.47 Å². The molecule has 1 aliphatic carbocycles. The molecule has 2 aromatic carbocycles. The van der Waals surface area contributed by atoms with Crippen molar-refractivity contribution in [1.29, 1.82) is 0 Å². The van der Waals surface area contributed by atoms with Gasteiger partial charge in [-0.2, -0.15) is 0 Å². The first-order chi connectivity index (χ1) is 18.3. The molecular formula is C28H31FN2O7. The molecule has 0 bridgehead atoms. The fraction of sp³-hybridized carbons (Fsp3) is 0.393. The smallest absolute Gasteiger partial charge is 0.247 e. The Morgan fingerprint density at radius 2 is 2.03 bits per heavy atom. The molecule has 2 aliphatic rings. The largest absolute Gasteiger partial charge is 0.493 e. The number of nitrogens with zero attached hydrogens (tertiary/aromatic N) is 1. The standard InChI is InChI=1S/C28H31FN2O7/c1-3-6-23(34)31(14-17-7-4-5-8-20(17)29)21-13-19(28(36)30-9-10-32)24-18-11-16(15-33)12-22(37-2)26(18)38-27(24)25(21)35/h4-5,7-8,11-13,15,21,24-25,27,32,35H,3,6,9-10,14H2,1-2H3,(H,30,36). The minimum Gasteiger partial charge on any atom is -0.493 e. The number of amides is 2. The molecule has 10 heteroatoms. The average Bonchev–Trinajstić information content (AvgIpc) is 3.31. The molecule has 38 heavy (non-hydrogen) atoms. The van der Waals surface area contributed by atoms with Gasteiger partial charge in [0, 0.05) is 41.8 Å². The minimum atomic E-state index is -1.29. The van der Waals surface area contributed by atoms with Gasteiger partial charge in [0.15, 0.2) is 11.5 Å². The highest BCUT2D eigenvalue weighted by Crippen LogP contribution is 2.51. The second-order valence-electron chi connectivity index (χ2n) is 9.27. The van der Waals surface area contributed by atoms with E-state index in [-0.39, 0.29) is 54.7 Å². The summed E-state index contributed by atoms with van der Waals surface area (Å²) in [6, 6.07) is 8.12. The first-order valence-corrected chi connectivity index (χ1v) is 12.5. The van der Waals surface area contributed by atoms with Crippen molar-refractivity contribution in [1.82, 2.24) is 10.2 Å². The van der Waals surface area contributed by atoms with Crippen molar-refractivity contribution in [3.8, 4) is 11.5 Å². The van der Waals surface area contributed by atoms with Gasteiger partial charge in [-0.25, -0.2) is 4.39 Å². The SMILES string of the molecule is CCCC(=O)N(Cc1ccccc1F)C1C=C(C(=O)NCCO)C2c3cc(C=O)cc(OC)c3OC2C1O. The van der Waals surface area contributed by atoms with Crippen LogP contribution in [-0.2, 0) is 16.1 Å². The van der Waals surface area contributed by atoms with E-state index in [1.165, 1.54) is 30.2 Å². The first-order valence-electron chi connectivity index (χ1n) is 12.5. The van der Waals surface area contributed by atoms with Gasteiger partial charge in [0.2, 0.25) is 11.8 Å². The molecular weight excluding hydrogens is 495 g/mol. The Kier molecular flexibility index (Phi) is 8.43. The Hall–Kier alpha value is -3.76. The number of ether oxygens (including phenoxy) is 2. The molecule has 1 heterocycles. The van der Waals surface area contributed by atoms with Crippen LogP contribution in [0.1, 0.15) is 47.2 Å². The minimum absolute atomic E-state index is 0.0140. The normalized spacial score (nSPS) is 21.4. The van der Waals surface area contributed by atoms with E-state index in [1.54, 1.807) is 24.3 Å². The lowest BCUT2D eigenvalue weighted by Crippen LogP contribution is -2.55. The van der Waals surface area contributed by atoms with E-state index in [0.717, 1.165) is 0 Å². The summed E-state index contributed by atoms with van der Waals surface area (Å²) >= 11 is 0. The van der Waals surface area contributed by atoms with E-state index < -0.39 is 35.9 Å². The van der Waals surface area contributed by atoms with Gasteiger partial charge in [0.25, 0.3) is 0 Å². The molecule has 9 nitrogen and oxygen atoms in total. The topological polar surface area (TPSA) is 125 Å². The van der Waals surface area contributed by atoms with Crippen molar-refractivity contribution in [2.24, 2.45) is 0 Å². The van der Waals surface area contributed by atoms with Crippen LogP contribution in [0.4, 0.5) is 4.39 Å². The van der Waals surface area contributed by atoms with Crippen molar-refractivity contribution < 1.29 is 38.5 Å². The number of nitrogens with one attached hydrogen (secondary N) is 1. The number of hydrogen-bond acceptors (Lipinski definition) is 7. The van der Waals surface area contributed by atoms with E-state index in [9.17, 15) is 29.0 Å². The molecule has 0 spiro atoms. The molecule has 4 atom stereocenters. The number of carbonyl (C=O) groups is 3. The van der Waals surface area contributed by atoms with Gasteiger partial charge in [-0.1, -0.05) is 25.1 Å². The van der Waals surface area contributed by atoms with E-state index in [2.05, 4.69) is 5.32 Å². The molecule has 3 N–H and O–H groups in total. The van der Waals surface area contributed by atoms with Crippen LogP contribution >= 0.6 is 0 Å². The summed E-state index contributed by atoms with van der Waals surface area (Å²) in [7, 11) is 1.42. The van der Waals surface area contributed by atoms with Gasteiger partial charge in [-0.3, -0.25) is 14.4 Å². The third-order valence-electron chi connectivity index (χ3n) is 6.85. The Balaban J connectivity index is 1.83. The van der Waals surface area contributed by atoms with Gasteiger partial charge < -0.3 is 29.9 Å². The Morgan fingerprint density at radius 3 is 2.68 bits per heavy atom. The van der Waals surface area contributed by atoms with Crippen LogP contribution in [0.3, 0.4) is 0 Å². The van der Waals surface area contributed by atoms with Crippen LogP contribution in [0, 0.1) is 5.82 Å². The lowest BCUT2D eigenvalue weighted by Gasteiger charge is -2.40. The zero-order valence-electron chi connectivity index (χ0n) is 21.2.